The molecule has 1 atom stereocenters. The molecule has 0 aliphatic heterocycles. The standard InChI is InChI=1S/C15H23NO2/c1-6-16(10-11(2)3)13-8-7-9-14(18-5)15(13)12(4)17/h7-9,12,17H,2,6,10H2,1,3-5H3/t12-/m1/s1. The van der Waals surface area contributed by atoms with Gasteiger partial charge in [0.25, 0.3) is 0 Å². The topological polar surface area (TPSA) is 32.7 Å². The number of rotatable bonds is 6. The number of nitrogens with zero attached hydrogens (tertiary/aromatic N) is 1. The molecule has 0 radical (unpaired) electrons. The minimum atomic E-state index is -0.560. The Morgan fingerprint density at radius 1 is 1.50 bits per heavy atom. The number of hydrogen-bond acceptors (Lipinski definition) is 3. The summed E-state index contributed by atoms with van der Waals surface area (Å²) in [7, 11) is 1.63. The van der Waals surface area contributed by atoms with Crippen LogP contribution in [0.4, 0.5) is 5.69 Å². The van der Waals surface area contributed by atoms with Crippen molar-refractivity contribution in [1.82, 2.24) is 0 Å². The van der Waals surface area contributed by atoms with Gasteiger partial charge in [-0.3, -0.25) is 0 Å². The first-order valence-electron chi connectivity index (χ1n) is 6.25. The Morgan fingerprint density at radius 2 is 2.17 bits per heavy atom. The van der Waals surface area contributed by atoms with Gasteiger partial charge in [-0.25, -0.2) is 0 Å². The first kappa shape index (κ1) is 14.6. The van der Waals surface area contributed by atoms with Crippen molar-refractivity contribution in [2.24, 2.45) is 0 Å². The zero-order chi connectivity index (χ0) is 13.7. The summed E-state index contributed by atoms with van der Waals surface area (Å²) in [5.74, 6) is 0.725. The Bertz CT molecular complexity index is 413. The van der Waals surface area contributed by atoms with E-state index >= 15 is 0 Å². The summed E-state index contributed by atoms with van der Waals surface area (Å²) in [6, 6.07) is 5.83. The fraction of sp³-hybridized carbons (Fsp3) is 0.467. The Hall–Kier alpha value is -1.48. The maximum Gasteiger partial charge on any atom is 0.126 e. The number of anilines is 1. The molecule has 0 unspecified atom stereocenters. The maximum atomic E-state index is 9.97. The predicted molar refractivity (Wildman–Crippen MR) is 76.3 cm³/mol. The number of aliphatic hydroxyl groups excluding tert-OH is 1. The average Bonchev–Trinajstić information content (AvgIpc) is 2.34. The first-order chi connectivity index (χ1) is 8.51. The first-order valence-corrected chi connectivity index (χ1v) is 6.25. The zero-order valence-corrected chi connectivity index (χ0v) is 11.7. The third kappa shape index (κ3) is 3.26. The molecule has 0 heterocycles. The zero-order valence-electron chi connectivity index (χ0n) is 11.7. The molecule has 0 saturated heterocycles. The van der Waals surface area contributed by atoms with Gasteiger partial charge >= 0.3 is 0 Å². The van der Waals surface area contributed by atoms with Gasteiger partial charge in [0.15, 0.2) is 0 Å². The van der Waals surface area contributed by atoms with Gasteiger partial charge in [-0.15, -0.1) is 0 Å². The van der Waals surface area contributed by atoms with E-state index < -0.39 is 6.10 Å². The third-order valence-electron chi connectivity index (χ3n) is 2.86. The minimum Gasteiger partial charge on any atom is -0.496 e. The van der Waals surface area contributed by atoms with Crippen molar-refractivity contribution < 1.29 is 9.84 Å². The van der Waals surface area contributed by atoms with Gasteiger partial charge in [0.05, 0.1) is 13.2 Å². The van der Waals surface area contributed by atoms with Crippen LogP contribution in [-0.4, -0.2) is 25.3 Å². The molecule has 0 aliphatic carbocycles. The molecule has 1 rings (SSSR count). The molecule has 1 aromatic rings. The van der Waals surface area contributed by atoms with Crippen molar-refractivity contribution in [2.75, 3.05) is 25.1 Å². The van der Waals surface area contributed by atoms with Gasteiger partial charge in [-0.2, -0.15) is 0 Å². The molecule has 0 spiro atoms. The van der Waals surface area contributed by atoms with Crippen LogP contribution < -0.4 is 9.64 Å². The largest absolute Gasteiger partial charge is 0.496 e. The molecule has 1 aromatic carbocycles. The number of benzene rings is 1. The molecule has 100 valence electrons. The van der Waals surface area contributed by atoms with Crippen LogP contribution in [0.1, 0.15) is 32.4 Å². The molecule has 0 amide bonds. The molecule has 3 heteroatoms. The van der Waals surface area contributed by atoms with E-state index in [4.69, 9.17) is 4.74 Å². The second-order valence-electron chi connectivity index (χ2n) is 4.54. The summed E-state index contributed by atoms with van der Waals surface area (Å²) in [6.45, 7) is 11.4. The van der Waals surface area contributed by atoms with Crippen LogP contribution in [0.2, 0.25) is 0 Å². The molecule has 0 aromatic heterocycles. The number of aliphatic hydroxyl groups is 1. The maximum absolute atomic E-state index is 9.97. The lowest BCUT2D eigenvalue weighted by atomic mass is 10.1. The summed E-state index contributed by atoms with van der Waals surface area (Å²) in [6.07, 6.45) is -0.560. The highest BCUT2D eigenvalue weighted by atomic mass is 16.5. The quantitative estimate of drug-likeness (QED) is 0.786. The summed E-state index contributed by atoms with van der Waals surface area (Å²) in [4.78, 5) is 2.19. The van der Waals surface area contributed by atoms with Crippen molar-refractivity contribution in [2.45, 2.75) is 26.9 Å². The lowest BCUT2D eigenvalue weighted by Gasteiger charge is -2.28. The van der Waals surface area contributed by atoms with E-state index in [0.717, 1.165) is 35.7 Å². The van der Waals surface area contributed by atoms with Crippen molar-refractivity contribution in [1.29, 1.82) is 0 Å². The number of hydrogen-bond donors (Lipinski definition) is 1. The predicted octanol–water partition coefficient (Wildman–Crippen LogP) is 3.15. The Balaban J connectivity index is 3.24. The molecule has 0 saturated carbocycles. The Kier molecular flexibility index (Phi) is 5.23. The van der Waals surface area contributed by atoms with Crippen LogP contribution in [-0.2, 0) is 0 Å². The third-order valence-corrected chi connectivity index (χ3v) is 2.86. The number of likely N-dealkylation sites (N-methyl/N-ethyl adjacent to an activating group) is 1. The lowest BCUT2D eigenvalue weighted by molar-refractivity contribution is 0.194. The fourth-order valence-corrected chi connectivity index (χ4v) is 2.10. The molecular weight excluding hydrogens is 226 g/mol. The molecule has 18 heavy (non-hydrogen) atoms. The van der Waals surface area contributed by atoms with Gasteiger partial charge in [0, 0.05) is 24.3 Å². The van der Waals surface area contributed by atoms with Gasteiger partial charge < -0.3 is 14.7 Å². The Morgan fingerprint density at radius 3 is 2.61 bits per heavy atom. The SMILES string of the molecule is C=C(C)CN(CC)c1cccc(OC)c1[C@@H](C)O. The van der Waals surface area contributed by atoms with Crippen LogP contribution in [0, 0.1) is 0 Å². The molecule has 0 bridgehead atoms. The van der Waals surface area contributed by atoms with Gasteiger partial charge in [0.1, 0.15) is 5.75 Å². The van der Waals surface area contributed by atoms with Crippen LogP contribution in [0.25, 0.3) is 0 Å². The fourth-order valence-electron chi connectivity index (χ4n) is 2.10. The van der Waals surface area contributed by atoms with Crippen molar-refractivity contribution in [3.8, 4) is 5.75 Å². The monoisotopic (exact) mass is 249 g/mol. The highest BCUT2D eigenvalue weighted by molar-refractivity contribution is 5.60. The van der Waals surface area contributed by atoms with Crippen LogP contribution in [0.3, 0.4) is 0 Å². The normalized spacial score (nSPS) is 12.1. The highest BCUT2D eigenvalue weighted by Crippen LogP contribution is 2.34. The van der Waals surface area contributed by atoms with E-state index in [-0.39, 0.29) is 0 Å². The van der Waals surface area contributed by atoms with Crippen molar-refractivity contribution in [3.05, 3.63) is 35.9 Å². The van der Waals surface area contributed by atoms with Crippen LogP contribution in [0.15, 0.2) is 30.4 Å². The van der Waals surface area contributed by atoms with Crippen LogP contribution in [0.5, 0.6) is 5.75 Å². The summed E-state index contributed by atoms with van der Waals surface area (Å²) in [5.41, 5.74) is 2.94. The van der Waals surface area contributed by atoms with Crippen LogP contribution >= 0.6 is 0 Å². The summed E-state index contributed by atoms with van der Waals surface area (Å²) < 4.78 is 5.34. The second kappa shape index (κ2) is 6.45. The molecule has 0 fully saturated rings. The average molecular weight is 249 g/mol. The van der Waals surface area contributed by atoms with E-state index in [1.807, 2.05) is 25.1 Å². The number of methoxy groups -OCH3 is 1. The van der Waals surface area contributed by atoms with E-state index in [1.54, 1.807) is 14.0 Å². The highest BCUT2D eigenvalue weighted by Gasteiger charge is 2.17. The molecule has 0 aliphatic rings. The summed E-state index contributed by atoms with van der Waals surface area (Å²) >= 11 is 0. The second-order valence-corrected chi connectivity index (χ2v) is 4.54. The van der Waals surface area contributed by atoms with Gasteiger partial charge in [0.2, 0.25) is 0 Å². The van der Waals surface area contributed by atoms with Crippen molar-refractivity contribution in [3.63, 3.8) is 0 Å². The number of ether oxygens (including phenoxy) is 1. The molecule has 3 nitrogen and oxygen atoms in total. The smallest absolute Gasteiger partial charge is 0.126 e. The van der Waals surface area contributed by atoms with E-state index in [1.165, 1.54) is 0 Å². The van der Waals surface area contributed by atoms with E-state index in [9.17, 15) is 5.11 Å². The lowest BCUT2D eigenvalue weighted by Crippen LogP contribution is -2.26. The van der Waals surface area contributed by atoms with Gasteiger partial charge in [-0.1, -0.05) is 18.2 Å². The van der Waals surface area contributed by atoms with E-state index in [0.29, 0.717) is 0 Å². The minimum absolute atomic E-state index is 0.560. The molecular formula is C15H23NO2. The summed E-state index contributed by atoms with van der Waals surface area (Å²) in [5, 5.41) is 9.97. The van der Waals surface area contributed by atoms with Crippen molar-refractivity contribution >= 4 is 5.69 Å². The van der Waals surface area contributed by atoms with E-state index in [2.05, 4.69) is 18.4 Å². The van der Waals surface area contributed by atoms with Gasteiger partial charge in [-0.05, 0) is 32.9 Å². The molecule has 1 N–H and O–H groups in total. The Labute approximate surface area is 110 Å².